The largest absolute Gasteiger partial charge is 0.433 e. The van der Waals surface area contributed by atoms with Gasteiger partial charge in [-0.05, 0) is 42.5 Å². The van der Waals surface area contributed by atoms with Crippen LogP contribution in [0.15, 0.2) is 77.7 Å². The third-order valence-electron chi connectivity index (χ3n) is 4.96. The zero-order chi connectivity index (χ0) is 26.3. The Bertz CT molecular complexity index is 1540. The lowest BCUT2D eigenvalue weighted by Crippen LogP contribution is -2.12. The van der Waals surface area contributed by atoms with Crippen molar-refractivity contribution in [2.45, 2.75) is 17.2 Å². The number of hydrogen-bond acceptors (Lipinski definition) is 5. The second kappa shape index (κ2) is 8.99. The molecule has 0 radical (unpaired) electrons. The first-order chi connectivity index (χ1) is 16.7. The SMILES string of the molecule is NS(=O)(=O)c1cccc(-c2cccc(-c3nc(-c4ccc(C(F)(F)F)cc4)cc(C(F)(F)F)n3)n2)c1. The predicted octanol–water partition coefficient (Wildman–Crippen LogP) is 5.56. The van der Waals surface area contributed by atoms with E-state index in [2.05, 4.69) is 15.0 Å². The van der Waals surface area contributed by atoms with E-state index in [9.17, 15) is 34.8 Å². The van der Waals surface area contributed by atoms with Crippen LogP contribution in [-0.4, -0.2) is 23.4 Å². The molecule has 0 aliphatic heterocycles. The molecule has 0 saturated carbocycles. The highest BCUT2D eigenvalue weighted by Gasteiger charge is 2.34. The Morgan fingerprint density at radius 1 is 0.639 bits per heavy atom. The summed E-state index contributed by atoms with van der Waals surface area (Å²) in [5.74, 6) is -0.427. The van der Waals surface area contributed by atoms with Gasteiger partial charge in [-0.15, -0.1) is 0 Å². The highest BCUT2D eigenvalue weighted by atomic mass is 32.2. The number of rotatable bonds is 4. The van der Waals surface area contributed by atoms with Gasteiger partial charge in [0.15, 0.2) is 5.82 Å². The zero-order valence-electron chi connectivity index (χ0n) is 17.8. The van der Waals surface area contributed by atoms with Gasteiger partial charge < -0.3 is 0 Å². The van der Waals surface area contributed by atoms with Crippen LogP contribution < -0.4 is 5.14 Å². The van der Waals surface area contributed by atoms with Crippen molar-refractivity contribution in [2.75, 3.05) is 0 Å². The Morgan fingerprint density at radius 3 is 1.89 bits per heavy atom. The first-order valence-electron chi connectivity index (χ1n) is 9.96. The average molecular weight is 524 g/mol. The van der Waals surface area contributed by atoms with Crippen molar-refractivity contribution in [3.8, 4) is 34.0 Å². The summed E-state index contributed by atoms with van der Waals surface area (Å²) < 4.78 is 103. The van der Waals surface area contributed by atoms with Crippen LogP contribution in [-0.2, 0) is 22.4 Å². The highest BCUT2D eigenvalue weighted by molar-refractivity contribution is 7.89. The van der Waals surface area contributed by atoms with Crippen LogP contribution in [0.2, 0.25) is 0 Å². The maximum absolute atomic E-state index is 13.6. The predicted molar refractivity (Wildman–Crippen MR) is 118 cm³/mol. The number of nitrogens with zero attached hydrogens (tertiary/aromatic N) is 3. The monoisotopic (exact) mass is 524 g/mol. The van der Waals surface area contributed by atoms with Gasteiger partial charge >= 0.3 is 12.4 Å². The van der Waals surface area contributed by atoms with E-state index in [0.29, 0.717) is 11.6 Å². The van der Waals surface area contributed by atoms with Gasteiger partial charge in [0.2, 0.25) is 10.0 Å². The molecule has 2 aromatic carbocycles. The summed E-state index contributed by atoms with van der Waals surface area (Å²) in [6, 6.07) is 13.9. The van der Waals surface area contributed by atoms with Gasteiger partial charge in [0.05, 0.1) is 21.8 Å². The van der Waals surface area contributed by atoms with Crippen LogP contribution in [0.25, 0.3) is 34.0 Å². The quantitative estimate of drug-likeness (QED) is 0.353. The van der Waals surface area contributed by atoms with Crippen LogP contribution in [0.4, 0.5) is 26.3 Å². The van der Waals surface area contributed by atoms with E-state index in [0.717, 1.165) is 24.3 Å². The molecule has 186 valence electrons. The number of hydrogen-bond donors (Lipinski definition) is 1. The van der Waals surface area contributed by atoms with E-state index in [1.54, 1.807) is 0 Å². The number of halogens is 6. The van der Waals surface area contributed by atoms with E-state index in [1.807, 2.05) is 0 Å². The van der Waals surface area contributed by atoms with Crippen molar-refractivity contribution in [2.24, 2.45) is 5.14 Å². The minimum Gasteiger partial charge on any atom is -0.244 e. The van der Waals surface area contributed by atoms with Crippen molar-refractivity contribution < 1.29 is 34.8 Å². The number of benzene rings is 2. The van der Waals surface area contributed by atoms with E-state index in [4.69, 9.17) is 5.14 Å². The Morgan fingerprint density at radius 2 is 1.28 bits per heavy atom. The Hall–Kier alpha value is -3.84. The average Bonchev–Trinajstić information content (AvgIpc) is 2.82. The second-order valence-corrected chi connectivity index (χ2v) is 9.08. The van der Waals surface area contributed by atoms with Crippen molar-refractivity contribution >= 4 is 10.0 Å². The molecule has 0 aliphatic carbocycles. The number of aromatic nitrogens is 3. The Balaban J connectivity index is 1.82. The Labute approximate surface area is 200 Å². The summed E-state index contributed by atoms with van der Waals surface area (Å²) in [6.07, 6.45) is -9.49. The van der Waals surface area contributed by atoms with Gasteiger partial charge in [-0.2, -0.15) is 26.3 Å². The summed E-state index contributed by atoms with van der Waals surface area (Å²) >= 11 is 0. The van der Waals surface area contributed by atoms with E-state index >= 15 is 0 Å². The fourth-order valence-electron chi connectivity index (χ4n) is 3.24. The summed E-state index contributed by atoms with van der Waals surface area (Å²) in [5, 5.41) is 5.15. The molecule has 4 rings (SSSR count). The molecule has 2 aromatic heterocycles. The van der Waals surface area contributed by atoms with Gasteiger partial charge in [-0.3, -0.25) is 0 Å². The molecule has 0 atom stereocenters. The lowest BCUT2D eigenvalue weighted by molar-refractivity contribution is -0.141. The van der Waals surface area contributed by atoms with Crippen LogP contribution >= 0.6 is 0 Å². The zero-order valence-corrected chi connectivity index (χ0v) is 18.7. The first-order valence-corrected chi connectivity index (χ1v) is 11.5. The minimum atomic E-state index is -4.88. The lowest BCUT2D eigenvalue weighted by Gasteiger charge is -2.12. The maximum Gasteiger partial charge on any atom is 0.433 e. The van der Waals surface area contributed by atoms with Gasteiger partial charge in [0.1, 0.15) is 11.4 Å². The standard InChI is InChI=1S/C23H14F6N4O2S/c24-22(25,26)15-9-7-13(8-10-15)19-12-20(23(27,28)29)33-21(32-19)18-6-2-5-17(31-18)14-3-1-4-16(11-14)36(30,34)35/h1-12H,(H2,30,34,35). The molecule has 4 aromatic rings. The molecule has 13 heteroatoms. The maximum atomic E-state index is 13.6. The van der Waals surface area contributed by atoms with E-state index < -0.39 is 39.5 Å². The molecule has 0 amide bonds. The minimum absolute atomic E-state index is 0.00848. The molecule has 2 N–H and O–H groups in total. The summed E-state index contributed by atoms with van der Waals surface area (Å²) in [7, 11) is -4.01. The van der Waals surface area contributed by atoms with Crippen LogP contribution in [0.3, 0.4) is 0 Å². The van der Waals surface area contributed by atoms with Crippen molar-refractivity contribution in [3.05, 3.63) is 84.1 Å². The normalized spacial score (nSPS) is 12.5. The molecule has 0 spiro atoms. The second-order valence-electron chi connectivity index (χ2n) is 7.52. The third-order valence-corrected chi connectivity index (χ3v) is 5.87. The van der Waals surface area contributed by atoms with E-state index in [-0.39, 0.29) is 27.5 Å². The van der Waals surface area contributed by atoms with Crippen molar-refractivity contribution in [1.29, 1.82) is 0 Å². The van der Waals surface area contributed by atoms with Gasteiger partial charge in [0, 0.05) is 11.1 Å². The summed E-state index contributed by atoms with van der Waals surface area (Å²) in [4.78, 5) is 11.7. The number of alkyl halides is 6. The van der Waals surface area contributed by atoms with Gasteiger partial charge in [-0.25, -0.2) is 28.5 Å². The Kier molecular flexibility index (Phi) is 6.31. The smallest absolute Gasteiger partial charge is 0.244 e. The first kappa shape index (κ1) is 25.3. The molecular weight excluding hydrogens is 510 g/mol. The molecule has 0 saturated heterocycles. The van der Waals surface area contributed by atoms with E-state index in [1.165, 1.54) is 42.5 Å². The number of pyridine rings is 1. The number of nitrogens with two attached hydrogens (primary N) is 1. The number of sulfonamides is 1. The highest BCUT2D eigenvalue weighted by Crippen LogP contribution is 2.34. The fourth-order valence-corrected chi connectivity index (χ4v) is 3.80. The topological polar surface area (TPSA) is 98.8 Å². The van der Waals surface area contributed by atoms with Crippen molar-refractivity contribution in [3.63, 3.8) is 0 Å². The molecular formula is C23H14F6N4O2S. The lowest BCUT2D eigenvalue weighted by atomic mass is 10.1. The fraction of sp³-hybridized carbons (Fsp3) is 0.0870. The molecule has 6 nitrogen and oxygen atoms in total. The molecule has 2 heterocycles. The third kappa shape index (κ3) is 5.52. The molecule has 0 unspecified atom stereocenters. The van der Waals surface area contributed by atoms with Gasteiger partial charge in [-0.1, -0.05) is 30.3 Å². The molecule has 0 fully saturated rings. The number of primary sulfonamides is 1. The molecule has 36 heavy (non-hydrogen) atoms. The van der Waals surface area contributed by atoms with Crippen molar-refractivity contribution in [1.82, 2.24) is 15.0 Å². The molecule has 0 bridgehead atoms. The van der Waals surface area contributed by atoms with Crippen LogP contribution in [0.1, 0.15) is 11.3 Å². The van der Waals surface area contributed by atoms with Crippen LogP contribution in [0.5, 0.6) is 0 Å². The van der Waals surface area contributed by atoms with Gasteiger partial charge in [0.25, 0.3) is 0 Å². The summed E-state index contributed by atoms with van der Waals surface area (Å²) in [5.41, 5.74) is -2.08. The van der Waals surface area contributed by atoms with Crippen LogP contribution in [0, 0.1) is 0 Å². The summed E-state index contributed by atoms with van der Waals surface area (Å²) in [6.45, 7) is 0. The molecule has 0 aliphatic rings.